The summed E-state index contributed by atoms with van der Waals surface area (Å²) in [4.78, 5) is 3.48. The van der Waals surface area contributed by atoms with Crippen LogP contribution in [-0.2, 0) is 6.18 Å². The molecule has 1 N–H and O–H groups in total. The highest BCUT2D eigenvalue weighted by molar-refractivity contribution is 5.37. The molecule has 3 rings (SSSR count). The highest BCUT2D eigenvalue weighted by atomic mass is 19.4. The normalized spacial score (nSPS) is 18.2. The molecule has 0 bridgehead atoms. The van der Waals surface area contributed by atoms with Gasteiger partial charge in [-0.2, -0.15) is 13.2 Å². The first-order valence-corrected chi connectivity index (χ1v) is 6.21. The first kappa shape index (κ1) is 13.8. The zero-order valence-electron chi connectivity index (χ0n) is 10.6. The summed E-state index contributed by atoms with van der Waals surface area (Å²) >= 11 is 0. The molecule has 3 nitrogen and oxygen atoms in total. The number of hydrogen-bond acceptors (Lipinski definition) is 2. The smallest absolute Gasteiger partial charge is 0.356 e. The third-order valence-corrected chi connectivity index (χ3v) is 3.38. The Morgan fingerprint density at radius 2 is 2.00 bits per heavy atom. The molecule has 0 radical (unpaired) electrons. The van der Waals surface area contributed by atoms with Gasteiger partial charge in [0.05, 0.1) is 6.04 Å². The van der Waals surface area contributed by atoms with Crippen LogP contribution in [0.4, 0.5) is 27.9 Å². The highest BCUT2D eigenvalue weighted by Crippen LogP contribution is 2.35. The molecule has 1 unspecified atom stereocenters. The van der Waals surface area contributed by atoms with E-state index < -0.39 is 29.5 Å². The quantitative estimate of drug-likeness (QED) is 0.816. The Morgan fingerprint density at radius 3 is 2.67 bits per heavy atom. The van der Waals surface area contributed by atoms with Crippen molar-refractivity contribution in [1.82, 2.24) is 9.55 Å². The zero-order chi connectivity index (χ0) is 15.2. The third kappa shape index (κ3) is 2.45. The zero-order valence-corrected chi connectivity index (χ0v) is 10.6. The molecular formula is C13H10F5N3. The van der Waals surface area contributed by atoms with Crippen molar-refractivity contribution in [3.63, 3.8) is 0 Å². The van der Waals surface area contributed by atoms with Crippen molar-refractivity contribution < 1.29 is 22.0 Å². The number of fused-ring (bicyclic) bond motifs is 1. The highest BCUT2D eigenvalue weighted by Gasteiger charge is 2.37. The molecule has 21 heavy (non-hydrogen) atoms. The summed E-state index contributed by atoms with van der Waals surface area (Å²) in [6, 6.07) is 2.41. The summed E-state index contributed by atoms with van der Waals surface area (Å²) in [5.41, 5.74) is -0.898. The van der Waals surface area contributed by atoms with Crippen LogP contribution in [0.2, 0.25) is 0 Å². The van der Waals surface area contributed by atoms with E-state index in [1.54, 1.807) is 0 Å². The van der Waals surface area contributed by atoms with Gasteiger partial charge < -0.3 is 9.88 Å². The predicted octanol–water partition coefficient (Wildman–Crippen LogP) is 3.59. The van der Waals surface area contributed by atoms with E-state index in [0.29, 0.717) is 13.0 Å². The van der Waals surface area contributed by atoms with Gasteiger partial charge >= 0.3 is 6.18 Å². The Balaban J connectivity index is 2.06. The average molecular weight is 303 g/mol. The number of hydrogen-bond donors (Lipinski definition) is 1. The number of imidazole rings is 1. The van der Waals surface area contributed by atoms with Crippen LogP contribution in [0.3, 0.4) is 0 Å². The summed E-state index contributed by atoms with van der Waals surface area (Å²) in [5.74, 6) is -1.48. The van der Waals surface area contributed by atoms with Crippen molar-refractivity contribution in [2.75, 3.05) is 11.9 Å². The molecular weight excluding hydrogens is 293 g/mol. The molecule has 0 saturated carbocycles. The maximum absolute atomic E-state index is 13.9. The van der Waals surface area contributed by atoms with Gasteiger partial charge in [-0.15, -0.1) is 0 Å². The maximum atomic E-state index is 13.9. The first-order valence-electron chi connectivity index (χ1n) is 6.21. The minimum Gasteiger partial charge on any atom is -0.356 e. The number of halogens is 5. The Kier molecular flexibility index (Phi) is 3.11. The summed E-state index contributed by atoms with van der Waals surface area (Å²) in [6.07, 6.45) is -3.35. The van der Waals surface area contributed by atoms with E-state index in [4.69, 9.17) is 0 Å². The molecule has 1 aromatic heterocycles. The Bertz CT molecular complexity index is 677. The largest absolute Gasteiger partial charge is 0.434 e. The van der Waals surface area contributed by atoms with Crippen molar-refractivity contribution in [2.45, 2.75) is 18.6 Å². The van der Waals surface area contributed by atoms with Gasteiger partial charge in [0.2, 0.25) is 5.95 Å². The molecule has 1 atom stereocenters. The van der Waals surface area contributed by atoms with E-state index in [1.807, 2.05) is 0 Å². The Hall–Kier alpha value is -2.12. The maximum Gasteiger partial charge on any atom is 0.434 e. The number of alkyl halides is 3. The minimum absolute atomic E-state index is 0.0299. The molecule has 0 spiro atoms. The second kappa shape index (κ2) is 4.71. The van der Waals surface area contributed by atoms with Gasteiger partial charge in [-0.1, -0.05) is 6.07 Å². The second-order valence-electron chi connectivity index (χ2n) is 4.75. The summed E-state index contributed by atoms with van der Waals surface area (Å²) < 4.78 is 66.2. The van der Waals surface area contributed by atoms with Crippen LogP contribution in [0.5, 0.6) is 0 Å². The molecule has 0 fully saturated rings. The van der Waals surface area contributed by atoms with E-state index >= 15 is 0 Å². The van der Waals surface area contributed by atoms with Crippen LogP contribution in [0, 0.1) is 11.6 Å². The van der Waals surface area contributed by atoms with Crippen molar-refractivity contribution in [1.29, 1.82) is 0 Å². The molecule has 2 heterocycles. The fourth-order valence-corrected chi connectivity index (χ4v) is 2.44. The summed E-state index contributed by atoms with van der Waals surface area (Å²) in [6.45, 7) is 0.357. The van der Waals surface area contributed by atoms with E-state index in [-0.39, 0.29) is 11.5 Å². The molecule has 8 heteroatoms. The molecule has 0 amide bonds. The standard InChI is InChI=1S/C13H10F5N3/c14-7-1-2-8(9(15)5-7)10-3-4-19-12-20-11(6-21(10)12)13(16,17)18/h1-2,5-6,10H,3-4H2,(H,19,20). The van der Waals surface area contributed by atoms with Crippen molar-refractivity contribution in [3.8, 4) is 0 Å². The monoisotopic (exact) mass is 303 g/mol. The lowest BCUT2D eigenvalue weighted by molar-refractivity contribution is -0.140. The second-order valence-corrected chi connectivity index (χ2v) is 4.75. The van der Waals surface area contributed by atoms with Gasteiger partial charge in [0.1, 0.15) is 11.6 Å². The van der Waals surface area contributed by atoms with Crippen molar-refractivity contribution >= 4 is 5.95 Å². The van der Waals surface area contributed by atoms with E-state index in [9.17, 15) is 22.0 Å². The predicted molar refractivity (Wildman–Crippen MR) is 64.8 cm³/mol. The SMILES string of the molecule is Fc1ccc(C2CCNc3nc(C(F)(F)F)cn32)c(F)c1. The van der Waals surface area contributed by atoms with Crippen LogP contribution in [0.25, 0.3) is 0 Å². The van der Waals surface area contributed by atoms with Crippen LogP contribution >= 0.6 is 0 Å². The van der Waals surface area contributed by atoms with Crippen LogP contribution < -0.4 is 5.32 Å². The van der Waals surface area contributed by atoms with Gasteiger partial charge in [-0.3, -0.25) is 0 Å². The number of benzene rings is 1. The van der Waals surface area contributed by atoms with Gasteiger partial charge in [-0.05, 0) is 12.5 Å². The van der Waals surface area contributed by atoms with Gasteiger partial charge in [-0.25, -0.2) is 13.8 Å². The molecule has 1 aliphatic rings. The van der Waals surface area contributed by atoms with Crippen molar-refractivity contribution in [2.24, 2.45) is 0 Å². The first-order chi connectivity index (χ1) is 9.86. The summed E-state index contributed by atoms with van der Waals surface area (Å²) in [5, 5.41) is 2.74. The molecule has 0 saturated heterocycles. The molecule has 2 aromatic rings. The lowest BCUT2D eigenvalue weighted by Gasteiger charge is -2.26. The Labute approximate surface area is 116 Å². The van der Waals surface area contributed by atoms with Gasteiger partial charge in [0.25, 0.3) is 0 Å². The van der Waals surface area contributed by atoms with E-state index in [1.165, 1.54) is 10.6 Å². The number of nitrogens with one attached hydrogen (secondary N) is 1. The topological polar surface area (TPSA) is 29.9 Å². The number of rotatable bonds is 1. The lowest BCUT2D eigenvalue weighted by Crippen LogP contribution is -2.24. The molecule has 0 aliphatic carbocycles. The average Bonchev–Trinajstić information content (AvgIpc) is 2.82. The minimum atomic E-state index is -4.57. The number of nitrogens with zero attached hydrogens (tertiary/aromatic N) is 2. The van der Waals surface area contributed by atoms with Gasteiger partial charge in [0, 0.05) is 24.4 Å². The number of anilines is 1. The van der Waals surface area contributed by atoms with Crippen LogP contribution in [0.15, 0.2) is 24.4 Å². The third-order valence-electron chi connectivity index (χ3n) is 3.38. The molecule has 1 aromatic carbocycles. The van der Waals surface area contributed by atoms with E-state index in [2.05, 4.69) is 10.3 Å². The molecule has 1 aliphatic heterocycles. The van der Waals surface area contributed by atoms with Crippen molar-refractivity contribution in [3.05, 3.63) is 47.3 Å². The molecule has 112 valence electrons. The van der Waals surface area contributed by atoms with Gasteiger partial charge in [0.15, 0.2) is 5.69 Å². The van der Waals surface area contributed by atoms with E-state index in [0.717, 1.165) is 18.3 Å². The summed E-state index contributed by atoms with van der Waals surface area (Å²) in [7, 11) is 0. The Morgan fingerprint density at radius 1 is 1.24 bits per heavy atom. The van der Waals surface area contributed by atoms with Crippen LogP contribution in [-0.4, -0.2) is 16.1 Å². The number of aromatic nitrogens is 2. The fourth-order valence-electron chi connectivity index (χ4n) is 2.44. The lowest BCUT2D eigenvalue weighted by atomic mass is 10.0. The van der Waals surface area contributed by atoms with Crippen LogP contribution in [0.1, 0.15) is 23.7 Å². The fraction of sp³-hybridized carbons (Fsp3) is 0.308.